The second-order valence-electron chi connectivity index (χ2n) is 20.4. The molecule has 5 aliphatic heterocycles. The first-order valence-corrected chi connectivity index (χ1v) is 27.5. The molecule has 1 spiro atoms. The Bertz CT molecular complexity index is 2690. The van der Waals surface area contributed by atoms with E-state index in [0.29, 0.717) is 54.3 Å². The van der Waals surface area contributed by atoms with Gasteiger partial charge in [0.2, 0.25) is 0 Å². The fourth-order valence-corrected chi connectivity index (χ4v) is 15.6. The number of carbonyl (C=O) groups excluding carboxylic acids is 1. The van der Waals surface area contributed by atoms with Crippen LogP contribution < -0.4 is 35.9 Å². The number of hydrogen-bond acceptors (Lipinski definition) is 14. The number of allylic oxidation sites excluding steroid dienone is 3. The lowest BCUT2D eigenvalue weighted by atomic mass is 9.65. The first-order valence-electron chi connectivity index (χ1n) is 25.0. The Hall–Kier alpha value is -4.75. The van der Waals surface area contributed by atoms with Crippen LogP contribution in [0.1, 0.15) is 116 Å². The number of hydrogen-bond donors (Lipinski definition) is 7. The molecule has 69 heavy (non-hydrogen) atoms. The van der Waals surface area contributed by atoms with Gasteiger partial charge in [-0.25, -0.2) is 0 Å². The van der Waals surface area contributed by atoms with Gasteiger partial charge in [0.25, 0.3) is 0 Å². The number of carbonyl (C=O) groups is 1. The predicted molar refractivity (Wildman–Crippen MR) is 271 cm³/mol. The molecule has 9 atom stereocenters. The highest BCUT2D eigenvalue weighted by Crippen LogP contribution is 2.63. The van der Waals surface area contributed by atoms with Gasteiger partial charge >= 0.3 is 5.97 Å². The molecule has 14 heteroatoms. The molecule has 8 N–H and O–H groups in total. The van der Waals surface area contributed by atoms with Gasteiger partial charge in [0.15, 0.2) is 11.5 Å². The van der Waals surface area contributed by atoms with Crippen LogP contribution in [0.15, 0.2) is 53.8 Å². The zero-order chi connectivity index (χ0) is 47.4. The molecule has 5 heterocycles. The largest absolute Gasteiger partial charge is 0.508 e. The van der Waals surface area contributed by atoms with Crippen LogP contribution in [0.3, 0.4) is 0 Å². The summed E-state index contributed by atoms with van der Waals surface area (Å²) < 4.78 is 27.0. The van der Waals surface area contributed by atoms with Crippen LogP contribution in [0.25, 0.3) is 17.2 Å². The number of dihydropyridines is 1. The van der Waals surface area contributed by atoms with Gasteiger partial charge in [0.05, 0.1) is 30.9 Å². The summed E-state index contributed by atoms with van der Waals surface area (Å²) in [5.74, 6) is 11.2. The highest BCUT2D eigenvalue weighted by Gasteiger charge is 2.52. The first-order chi connectivity index (χ1) is 33.6. The number of aromatic hydroxyl groups is 2. The summed E-state index contributed by atoms with van der Waals surface area (Å²) in [5.41, 5.74) is 16.3. The number of fused-ring (bicyclic) bond motifs is 11. The number of esters is 1. The molecular formula is C55H64N4O8S2. The Morgan fingerprint density at radius 1 is 1.07 bits per heavy atom. The lowest BCUT2D eigenvalue weighted by Gasteiger charge is -2.39. The van der Waals surface area contributed by atoms with E-state index in [0.717, 1.165) is 112 Å². The van der Waals surface area contributed by atoms with Crippen molar-refractivity contribution in [3.05, 3.63) is 92.7 Å². The molecule has 0 aromatic heterocycles. The van der Waals surface area contributed by atoms with Gasteiger partial charge < -0.3 is 56.0 Å². The van der Waals surface area contributed by atoms with Crippen molar-refractivity contribution in [1.29, 1.82) is 0 Å². The second kappa shape index (κ2) is 19.5. The third kappa shape index (κ3) is 8.80. The van der Waals surface area contributed by atoms with Crippen molar-refractivity contribution in [2.45, 2.75) is 126 Å². The van der Waals surface area contributed by atoms with Crippen LogP contribution in [0.4, 0.5) is 0 Å². The molecule has 11 rings (SSSR count). The van der Waals surface area contributed by atoms with Crippen molar-refractivity contribution in [2.24, 2.45) is 17.6 Å². The lowest BCUT2D eigenvalue weighted by Crippen LogP contribution is -2.49. The number of phenols is 2. The molecule has 6 bridgehead atoms. The monoisotopic (exact) mass is 972 g/mol. The third-order valence-electron chi connectivity index (χ3n) is 16.0. The number of aliphatic hydroxyl groups is 1. The summed E-state index contributed by atoms with van der Waals surface area (Å²) in [4.78, 5) is 12.9. The summed E-state index contributed by atoms with van der Waals surface area (Å²) in [6.45, 7) is 2.36. The van der Waals surface area contributed by atoms with Crippen molar-refractivity contribution in [3.8, 4) is 51.7 Å². The van der Waals surface area contributed by atoms with Crippen molar-refractivity contribution in [2.75, 3.05) is 38.4 Å². The second-order valence-corrected chi connectivity index (χ2v) is 23.0. The molecule has 3 aliphatic carbocycles. The Morgan fingerprint density at radius 2 is 1.96 bits per heavy atom. The van der Waals surface area contributed by atoms with Crippen molar-refractivity contribution in [1.82, 2.24) is 16.0 Å². The summed E-state index contributed by atoms with van der Waals surface area (Å²) in [6.07, 6.45) is 16.9. The normalized spacial score (nSPS) is 29.3. The average molecular weight is 973 g/mol. The zero-order valence-electron chi connectivity index (χ0n) is 39.5. The van der Waals surface area contributed by atoms with Crippen molar-refractivity contribution < 1.29 is 39.1 Å². The van der Waals surface area contributed by atoms with Crippen LogP contribution in [0.5, 0.6) is 28.7 Å². The van der Waals surface area contributed by atoms with E-state index in [4.69, 9.17) is 24.7 Å². The van der Waals surface area contributed by atoms with Crippen molar-refractivity contribution in [3.63, 3.8) is 0 Å². The summed E-state index contributed by atoms with van der Waals surface area (Å²) >= 11 is 0. The average Bonchev–Trinajstić information content (AvgIpc) is 3.85. The van der Waals surface area contributed by atoms with Gasteiger partial charge in [-0.3, -0.25) is 4.79 Å². The number of rotatable bonds is 8. The molecule has 3 aromatic rings. The fourth-order valence-electron chi connectivity index (χ4n) is 13.0. The lowest BCUT2D eigenvalue weighted by molar-refractivity contribution is -0.141. The number of nitrogens with two attached hydrogens (primary N) is 1. The van der Waals surface area contributed by atoms with Gasteiger partial charge in [-0.15, -0.1) is 0 Å². The Kier molecular flexibility index (Phi) is 13.1. The number of ether oxygens (including phenoxy) is 4. The van der Waals surface area contributed by atoms with E-state index < -0.39 is 12.0 Å². The van der Waals surface area contributed by atoms with Crippen LogP contribution in [-0.2, 0) is 34.3 Å². The molecule has 2 saturated carbocycles. The SMILES string of the molecule is COc1cc(O)cc2c1-c1ccc3c4c1[C@@]1(CC[C@H](CC5=C(C#CCc6c(CNCCCO)c(O)c7c(c6[C@@H](O4)[C@H]3COC(C)=O)C=C[C@@H]3N[C@H]4CCC[C@@H](CSSC[C@H]3O7)C4)NC(N)C=C5)C1)C2. The molecule has 364 valence electrons. The third-order valence-corrected chi connectivity index (χ3v) is 18.6. The van der Waals surface area contributed by atoms with E-state index in [1.165, 1.54) is 19.8 Å². The van der Waals surface area contributed by atoms with Gasteiger partial charge in [-0.1, -0.05) is 64.3 Å². The highest BCUT2D eigenvalue weighted by atomic mass is 33.1. The van der Waals surface area contributed by atoms with Gasteiger partial charge in [0.1, 0.15) is 36.1 Å². The minimum Gasteiger partial charge on any atom is -0.508 e. The van der Waals surface area contributed by atoms with Crippen LogP contribution in [0, 0.1) is 23.7 Å². The minimum atomic E-state index is -0.683. The van der Waals surface area contributed by atoms with Gasteiger partial charge in [0, 0.05) is 88.9 Å². The summed E-state index contributed by atoms with van der Waals surface area (Å²) in [5, 5.41) is 44.7. The van der Waals surface area contributed by atoms with E-state index in [2.05, 4.69) is 58.2 Å². The number of nitrogens with one attached hydrogen (secondary N) is 3. The zero-order valence-corrected chi connectivity index (χ0v) is 41.2. The Labute approximate surface area is 413 Å². The van der Waals surface area contributed by atoms with E-state index in [-0.39, 0.29) is 67.4 Å². The maximum absolute atomic E-state index is 12.9. The molecule has 1 unspecified atom stereocenters. The molecule has 3 fully saturated rings. The predicted octanol–water partition coefficient (Wildman–Crippen LogP) is 7.95. The van der Waals surface area contributed by atoms with Crippen LogP contribution in [-0.4, -0.2) is 84.0 Å². The fraction of sp³-hybridized carbons (Fsp3) is 0.509. The molecule has 0 amide bonds. The standard InChI is InChI=1S/C55H64N4O8S2/c1-30(61)65-27-42-38-11-12-39-48-34(22-36(62)23-45(48)64-2)25-55-17-16-31(24-55)20-33-10-15-47(56)59-43(33)9-4-8-37-41(26-57-18-5-19-60)51(63)54-40(49(37)52(42)67-53(38)50(39)55)13-14-44-46(66-54)29-69-68-28-32-6-3-7-35(21-32)58-44/h10-15,22-23,31-32,35,42,44,46-47,52,57-60,62-63H,3,5-8,16-21,24-29,56H2,1-2H3/t31-,32-,35+,42+,44+,46-,47?,52+,55-/m1/s1. The van der Waals surface area contributed by atoms with E-state index >= 15 is 0 Å². The summed E-state index contributed by atoms with van der Waals surface area (Å²) in [6, 6.07) is 8.16. The molecule has 0 radical (unpaired) electrons. The molecule has 3 aromatic carbocycles. The van der Waals surface area contributed by atoms with Gasteiger partial charge in [-0.05, 0) is 116 Å². The summed E-state index contributed by atoms with van der Waals surface area (Å²) in [7, 11) is 5.42. The Balaban J connectivity index is 1.16. The van der Waals surface area contributed by atoms with Crippen molar-refractivity contribution >= 4 is 33.6 Å². The van der Waals surface area contributed by atoms with E-state index in [9.17, 15) is 20.1 Å². The number of aliphatic hydroxyl groups excluding tert-OH is 1. The molecule has 1 saturated heterocycles. The molecule has 12 nitrogen and oxygen atoms in total. The maximum atomic E-state index is 12.9. The van der Waals surface area contributed by atoms with E-state index in [1.54, 1.807) is 13.2 Å². The minimum absolute atomic E-state index is 0.0331. The maximum Gasteiger partial charge on any atom is 0.302 e. The topological polar surface area (TPSA) is 177 Å². The van der Waals surface area contributed by atoms with E-state index in [1.807, 2.05) is 33.7 Å². The number of methoxy groups -OCH3 is 1. The Morgan fingerprint density at radius 3 is 2.81 bits per heavy atom. The highest BCUT2D eigenvalue weighted by molar-refractivity contribution is 8.76. The quantitative estimate of drug-likeness (QED) is 0.0501. The van der Waals surface area contributed by atoms with Crippen LogP contribution in [0.2, 0.25) is 0 Å². The molecular weight excluding hydrogens is 909 g/mol. The molecule has 8 aliphatic rings. The number of benzene rings is 3. The van der Waals surface area contributed by atoms with Crippen LogP contribution >= 0.6 is 21.6 Å². The number of phenolic OH excluding ortho intramolecular Hbond substituents is 2. The smallest absolute Gasteiger partial charge is 0.302 e. The first kappa shape index (κ1) is 46.6. The van der Waals surface area contributed by atoms with Gasteiger partial charge in [-0.2, -0.15) is 0 Å².